The number of carbonyl (C=O) groups excluding carboxylic acids is 1. The number of hydrogen-bond acceptors (Lipinski definition) is 5. The van der Waals surface area contributed by atoms with Crippen LogP contribution < -0.4 is 0 Å². The van der Waals surface area contributed by atoms with Crippen molar-refractivity contribution in [1.29, 1.82) is 0 Å². The zero-order valence-corrected chi connectivity index (χ0v) is 12.8. The number of rotatable bonds is 9. The molecule has 118 valence electrons. The van der Waals surface area contributed by atoms with Gasteiger partial charge >= 0.3 is 5.97 Å². The Kier molecular flexibility index (Phi) is 8.82. The number of ether oxygens (including phenoxy) is 2. The van der Waals surface area contributed by atoms with Crippen LogP contribution in [-0.4, -0.2) is 61.5 Å². The molecule has 1 rings (SSSR count). The minimum absolute atomic E-state index is 0.171. The molecule has 0 aromatic carbocycles. The molecule has 1 N–H and O–H groups in total. The fraction of sp³-hybridized carbons (Fsp3) is 0.933. The number of methoxy groups -OCH3 is 1. The van der Waals surface area contributed by atoms with Crippen LogP contribution in [0.5, 0.6) is 0 Å². The summed E-state index contributed by atoms with van der Waals surface area (Å²) in [5, 5.41) is 10.0. The zero-order chi connectivity index (χ0) is 14.8. The number of unbranched alkanes of at least 4 members (excludes halogenated alkanes) is 1. The lowest BCUT2D eigenvalue weighted by molar-refractivity contribution is -0.142. The summed E-state index contributed by atoms with van der Waals surface area (Å²) in [6.45, 7) is 4.72. The third kappa shape index (κ3) is 6.68. The summed E-state index contributed by atoms with van der Waals surface area (Å²) in [6.07, 6.45) is 5.33. The predicted molar refractivity (Wildman–Crippen MR) is 77.6 cm³/mol. The van der Waals surface area contributed by atoms with Gasteiger partial charge in [0.1, 0.15) is 0 Å². The maximum atomic E-state index is 11.4. The Hall–Kier alpha value is -0.650. The maximum Gasteiger partial charge on any atom is 0.307 e. The summed E-state index contributed by atoms with van der Waals surface area (Å²) in [5.74, 6) is -0.171. The van der Waals surface area contributed by atoms with Crippen molar-refractivity contribution in [3.8, 4) is 0 Å². The van der Waals surface area contributed by atoms with E-state index in [0.29, 0.717) is 26.2 Å². The first-order valence-electron chi connectivity index (χ1n) is 7.74. The van der Waals surface area contributed by atoms with Gasteiger partial charge in [-0.3, -0.25) is 9.69 Å². The summed E-state index contributed by atoms with van der Waals surface area (Å²) >= 11 is 0. The standard InChI is InChI=1S/C15H29NO4/c1-3-4-9-20-12-14(17)11-16-8-6-5-7-13(16)10-15(18)19-2/h13-14,17H,3-12H2,1-2H3. The Bertz CT molecular complexity index is 273. The minimum atomic E-state index is -0.481. The predicted octanol–water partition coefficient (Wildman–Crippen LogP) is 1.58. The molecule has 2 atom stereocenters. The topological polar surface area (TPSA) is 59.0 Å². The third-order valence-electron chi connectivity index (χ3n) is 3.78. The average Bonchev–Trinajstić information content (AvgIpc) is 2.45. The molecule has 0 radical (unpaired) electrons. The fourth-order valence-corrected chi connectivity index (χ4v) is 2.60. The van der Waals surface area contributed by atoms with E-state index in [2.05, 4.69) is 11.8 Å². The van der Waals surface area contributed by atoms with E-state index in [1.54, 1.807) is 0 Å². The smallest absolute Gasteiger partial charge is 0.307 e. The normalized spacial score (nSPS) is 21.6. The monoisotopic (exact) mass is 287 g/mol. The Morgan fingerprint density at radius 1 is 1.45 bits per heavy atom. The van der Waals surface area contributed by atoms with E-state index in [4.69, 9.17) is 9.47 Å². The van der Waals surface area contributed by atoms with Gasteiger partial charge in [0, 0.05) is 19.2 Å². The van der Waals surface area contributed by atoms with Crippen molar-refractivity contribution < 1.29 is 19.4 Å². The van der Waals surface area contributed by atoms with E-state index in [1.165, 1.54) is 7.11 Å². The zero-order valence-electron chi connectivity index (χ0n) is 12.8. The van der Waals surface area contributed by atoms with E-state index >= 15 is 0 Å². The lowest BCUT2D eigenvalue weighted by atomic mass is 9.99. The summed E-state index contributed by atoms with van der Waals surface area (Å²) in [6, 6.07) is 0.196. The number of aliphatic hydroxyl groups is 1. The van der Waals surface area contributed by atoms with Crippen molar-refractivity contribution in [3.05, 3.63) is 0 Å². The van der Waals surface area contributed by atoms with Crippen LogP contribution in [0.1, 0.15) is 45.4 Å². The molecule has 5 heteroatoms. The molecular weight excluding hydrogens is 258 g/mol. The Balaban J connectivity index is 2.31. The Morgan fingerprint density at radius 2 is 2.25 bits per heavy atom. The van der Waals surface area contributed by atoms with Crippen LogP contribution in [-0.2, 0) is 14.3 Å². The van der Waals surface area contributed by atoms with Crippen LogP contribution >= 0.6 is 0 Å². The summed E-state index contributed by atoms with van der Waals surface area (Å²) < 4.78 is 10.2. The van der Waals surface area contributed by atoms with Crippen molar-refractivity contribution in [2.45, 2.75) is 57.6 Å². The molecule has 1 aliphatic heterocycles. The molecule has 2 unspecified atom stereocenters. The second-order valence-corrected chi connectivity index (χ2v) is 5.51. The number of esters is 1. The Labute approximate surface area is 122 Å². The highest BCUT2D eigenvalue weighted by Crippen LogP contribution is 2.20. The van der Waals surface area contributed by atoms with Crippen LogP contribution in [0.3, 0.4) is 0 Å². The number of β-amino-alcohol motifs (C(OH)–C–C–N with tert-alkyl or cyclic N) is 1. The summed E-state index contributed by atoms with van der Waals surface area (Å²) in [7, 11) is 1.42. The Morgan fingerprint density at radius 3 is 2.95 bits per heavy atom. The van der Waals surface area contributed by atoms with Gasteiger partial charge in [0.15, 0.2) is 0 Å². The van der Waals surface area contributed by atoms with Crippen molar-refractivity contribution >= 4 is 5.97 Å². The first-order valence-corrected chi connectivity index (χ1v) is 7.74. The second-order valence-electron chi connectivity index (χ2n) is 5.51. The van der Waals surface area contributed by atoms with Gasteiger partial charge in [0.2, 0.25) is 0 Å². The van der Waals surface area contributed by atoms with Gasteiger partial charge in [-0.15, -0.1) is 0 Å². The van der Waals surface area contributed by atoms with E-state index in [-0.39, 0.29) is 12.0 Å². The average molecular weight is 287 g/mol. The van der Waals surface area contributed by atoms with Crippen LogP contribution in [0, 0.1) is 0 Å². The van der Waals surface area contributed by atoms with Crippen molar-refractivity contribution in [3.63, 3.8) is 0 Å². The van der Waals surface area contributed by atoms with Gasteiger partial charge in [0.25, 0.3) is 0 Å². The largest absolute Gasteiger partial charge is 0.469 e. The number of hydrogen-bond donors (Lipinski definition) is 1. The molecule has 5 nitrogen and oxygen atoms in total. The molecule has 1 fully saturated rings. The molecule has 1 saturated heterocycles. The van der Waals surface area contributed by atoms with E-state index in [1.807, 2.05) is 0 Å². The van der Waals surface area contributed by atoms with Gasteiger partial charge in [-0.1, -0.05) is 19.8 Å². The van der Waals surface area contributed by atoms with Gasteiger partial charge in [-0.2, -0.15) is 0 Å². The molecule has 20 heavy (non-hydrogen) atoms. The van der Waals surface area contributed by atoms with Crippen molar-refractivity contribution in [2.75, 3.05) is 33.4 Å². The quantitative estimate of drug-likeness (QED) is 0.515. The van der Waals surface area contributed by atoms with Gasteiger partial charge in [0.05, 0.1) is 26.2 Å². The molecule has 0 bridgehead atoms. The number of aliphatic hydroxyl groups excluding tert-OH is 1. The molecule has 0 spiro atoms. The molecule has 0 saturated carbocycles. The van der Waals surface area contributed by atoms with E-state index < -0.39 is 6.10 Å². The third-order valence-corrected chi connectivity index (χ3v) is 3.78. The molecule has 1 aliphatic rings. The molecule has 0 amide bonds. The number of piperidine rings is 1. The molecular formula is C15H29NO4. The van der Waals surface area contributed by atoms with Gasteiger partial charge in [-0.25, -0.2) is 0 Å². The van der Waals surface area contributed by atoms with Crippen LogP contribution in [0.25, 0.3) is 0 Å². The molecule has 0 aromatic rings. The van der Waals surface area contributed by atoms with Crippen molar-refractivity contribution in [1.82, 2.24) is 4.90 Å². The first-order chi connectivity index (χ1) is 9.67. The van der Waals surface area contributed by atoms with Crippen LogP contribution in [0.15, 0.2) is 0 Å². The number of nitrogens with zero attached hydrogens (tertiary/aromatic N) is 1. The van der Waals surface area contributed by atoms with E-state index in [0.717, 1.165) is 38.6 Å². The summed E-state index contributed by atoms with van der Waals surface area (Å²) in [4.78, 5) is 13.6. The lowest BCUT2D eigenvalue weighted by Gasteiger charge is -2.36. The highest BCUT2D eigenvalue weighted by molar-refractivity contribution is 5.69. The van der Waals surface area contributed by atoms with Gasteiger partial charge < -0.3 is 14.6 Å². The summed E-state index contributed by atoms with van der Waals surface area (Å²) in [5.41, 5.74) is 0. The minimum Gasteiger partial charge on any atom is -0.469 e. The molecule has 1 heterocycles. The number of likely N-dealkylation sites (tertiary alicyclic amines) is 1. The molecule has 0 aliphatic carbocycles. The molecule has 0 aromatic heterocycles. The van der Waals surface area contributed by atoms with Gasteiger partial charge in [-0.05, 0) is 25.8 Å². The first kappa shape index (κ1) is 17.4. The lowest BCUT2D eigenvalue weighted by Crippen LogP contribution is -2.45. The highest BCUT2D eigenvalue weighted by atomic mass is 16.5. The second kappa shape index (κ2) is 10.1. The fourth-order valence-electron chi connectivity index (χ4n) is 2.60. The van der Waals surface area contributed by atoms with Crippen molar-refractivity contribution in [2.24, 2.45) is 0 Å². The van der Waals surface area contributed by atoms with Crippen LogP contribution in [0.2, 0.25) is 0 Å². The van der Waals surface area contributed by atoms with E-state index in [9.17, 15) is 9.90 Å². The maximum absolute atomic E-state index is 11.4. The number of carbonyl (C=O) groups is 1. The van der Waals surface area contributed by atoms with Crippen LogP contribution in [0.4, 0.5) is 0 Å². The highest BCUT2D eigenvalue weighted by Gasteiger charge is 2.26. The SMILES string of the molecule is CCCCOCC(O)CN1CCCCC1CC(=O)OC.